The van der Waals surface area contributed by atoms with E-state index in [1.54, 1.807) is 0 Å². The monoisotopic (exact) mass is 321 g/mol. The van der Waals surface area contributed by atoms with Crippen LogP contribution in [0.2, 0.25) is 0 Å². The number of ether oxygens (including phenoxy) is 1. The summed E-state index contributed by atoms with van der Waals surface area (Å²) in [5, 5.41) is 5.36. The molecule has 2 rings (SSSR count). The number of halogens is 1. The van der Waals surface area contributed by atoms with Crippen LogP contribution >= 0.6 is 15.9 Å². The summed E-state index contributed by atoms with van der Waals surface area (Å²) in [5.74, 6) is -0.245. The maximum absolute atomic E-state index is 11.4. The van der Waals surface area contributed by atoms with Crippen LogP contribution in [0.5, 0.6) is 0 Å². The van der Waals surface area contributed by atoms with Crippen molar-refractivity contribution in [2.45, 2.75) is 20.0 Å². The quantitative estimate of drug-likeness (QED) is 0.866. The van der Waals surface area contributed by atoms with Gasteiger partial charge in [0.05, 0.1) is 6.10 Å². The molecule has 0 fully saturated rings. The average molecular weight is 322 g/mol. The molecule has 0 unspecified atom stereocenters. The van der Waals surface area contributed by atoms with Crippen molar-refractivity contribution in [2.24, 2.45) is 0 Å². The summed E-state index contributed by atoms with van der Waals surface area (Å²) >= 11 is 3.45. The number of hydrogen-bond donors (Lipinski definition) is 1. The van der Waals surface area contributed by atoms with Crippen LogP contribution < -0.4 is 5.32 Å². The Labute approximate surface area is 121 Å². The van der Waals surface area contributed by atoms with Gasteiger partial charge in [-0.2, -0.15) is 0 Å². The van der Waals surface area contributed by atoms with E-state index in [1.807, 2.05) is 44.2 Å². The van der Waals surface area contributed by atoms with Crippen molar-refractivity contribution < 1.29 is 9.53 Å². The van der Waals surface area contributed by atoms with Crippen LogP contribution in [-0.4, -0.2) is 18.6 Å². The first-order valence-corrected chi connectivity index (χ1v) is 6.96. The molecule has 0 radical (unpaired) electrons. The van der Waals surface area contributed by atoms with Crippen molar-refractivity contribution in [3.05, 3.63) is 40.9 Å². The third-order valence-corrected chi connectivity index (χ3v) is 3.10. The van der Waals surface area contributed by atoms with E-state index in [4.69, 9.17) is 4.74 Å². The molecule has 0 atom stereocenters. The van der Waals surface area contributed by atoms with Crippen molar-refractivity contribution in [1.82, 2.24) is 0 Å². The maximum Gasteiger partial charge on any atom is 0.325 e. The van der Waals surface area contributed by atoms with Gasteiger partial charge in [0, 0.05) is 10.2 Å². The number of hydrogen-bond acceptors (Lipinski definition) is 3. The Balaban J connectivity index is 2.05. The summed E-state index contributed by atoms with van der Waals surface area (Å²) < 4.78 is 6.12. The molecule has 0 heterocycles. The first kappa shape index (κ1) is 13.9. The molecule has 0 bridgehead atoms. The van der Waals surface area contributed by atoms with Crippen LogP contribution in [0.3, 0.4) is 0 Å². The molecule has 100 valence electrons. The topological polar surface area (TPSA) is 38.3 Å². The highest BCUT2D eigenvalue weighted by Gasteiger charge is 2.05. The predicted octanol–water partition coefficient (Wildman–Crippen LogP) is 3.97. The van der Waals surface area contributed by atoms with E-state index in [2.05, 4.69) is 27.3 Å². The highest BCUT2D eigenvalue weighted by Crippen LogP contribution is 2.22. The molecule has 2 aromatic carbocycles. The van der Waals surface area contributed by atoms with E-state index in [9.17, 15) is 4.79 Å². The number of esters is 1. The van der Waals surface area contributed by atoms with Crippen molar-refractivity contribution in [3.63, 3.8) is 0 Å². The Morgan fingerprint density at radius 3 is 2.63 bits per heavy atom. The zero-order chi connectivity index (χ0) is 13.8. The molecule has 0 aliphatic heterocycles. The molecular weight excluding hydrogens is 306 g/mol. The lowest BCUT2D eigenvalue weighted by Gasteiger charge is -2.10. The van der Waals surface area contributed by atoms with Gasteiger partial charge in [0.15, 0.2) is 0 Å². The Morgan fingerprint density at radius 2 is 1.89 bits per heavy atom. The lowest BCUT2D eigenvalue weighted by Crippen LogP contribution is -2.20. The summed E-state index contributed by atoms with van der Waals surface area (Å²) in [7, 11) is 0. The van der Waals surface area contributed by atoms with E-state index >= 15 is 0 Å². The molecule has 1 N–H and O–H groups in total. The van der Waals surface area contributed by atoms with Gasteiger partial charge in [-0.1, -0.05) is 28.1 Å². The first-order valence-electron chi connectivity index (χ1n) is 6.17. The fourth-order valence-electron chi connectivity index (χ4n) is 1.81. The molecule has 0 amide bonds. The molecular formula is C15H16BrNO2. The van der Waals surface area contributed by atoms with Crippen molar-refractivity contribution in [1.29, 1.82) is 0 Å². The number of carbonyl (C=O) groups is 1. The lowest BCUT2D eigenvalue weighted by atomic mass is 10.1. The summed E-state index contributed by atoms with van der Waals surface area (Å²) in [6.45, 7) is 3.86. The molecule has 0 aliphatic rings. The van der Waals surface area contributed by atoms with Crippen LogP contribution in [0.1, 0.15) is 13.8 Å². The van der Waals surface area contributed by atoms with E-state index in [0.717, 1.165) is 20.9 Å². The number of fused-ring (bicyclic) bond motifs is 1. The molecule has 2 aromatic rings. The minimum absolute atomic E-state index is 0.0803. The van der Waals surface area contributed by atoms with Gasteiger partial charge in [0.25, 0.3) is 0 Å². The van der Waals surface area contributed by atoms with Gasteiger partial charge in [-0.05, 0) is 48.9 Å². The normalized spacial score (nSPS) is 10.7. The smallest absolute Gasteiger partial charge is 0.325 e. The van der Waals surface area contributed by atoms with Crippen LogP contribution in [-0.2, 0) is 9.53 Å². The molecule has 0 saturated heterocycles. The van der Waals surface area contributed by atoms with Gasteiger partial charge in [-0.3, -0.25) is 4.79 Å². The minimum Gasteiger partial charge on any atom is -0.462 e. The number of benzene rings is 2. The van der Waals surface area contributed by atoms with Gasteiger partial charge < -0.3 is 10.1 Å². The fraction of sp³-hybridized carbons (Fsp3) is 0.267. The van der Waals surface area contributed by atoms with E-state index in [1.165, 1.54) is 0 Å². The first-order chi connectivity index (χ1) is 9.04. The lowest BCUT2D eigenvalue weighted by molar-refractivity contribution is -0.145. The Morgan fingerprint density at radius 1 is 1.21 bits per heavy atom. The zero-order valence-electron chi connectivity index (χ0n) is 10.9. The van der Waals surface area contributed by atoms with Gasteiger partial charge in [0.1, 0.15) is 6.54 Å². The third-order valence-electron chi connectivity index (χ3n) is 2.61. The third kappa shape index (κ3) is 3.96. The summed E-state index contributed by atoms with van der Waals surface area (Å²) in [5.41, 5.74) is 0.913. The van der Waals surface area contributed by atoms with Crippen molar-refractivity contribution in [2.75, 3.05) is 11.9 Å². The minimum atomic E-state index is -0.245. The highest BCUT2D eigenvalue weighted by atomic mass is 79.9. The van der Waals surface area contributed by atoms with Crippen molar-refractivity contribution in [3.8, 4) is 0 Å². The summed E-state index contributed by atoms with van der Waals surface area (Å²) in [4.78, 5) is 11.4. The van der Waals surface area contributed by atoms with E-state index in [-0.39, 0.29) is 18.6 Å². The zero-order valence-corrected chi connectivity index (χ0v) is 12.5. The second-order valence-corrected chi connectivity index (χ2v) is 5.51. The Hall–Kier alpha value is -1.55. The number of anilines is 1. The molecule has 0 aliphatic carbocycles. The van der Waals surface area contributed by atoms with Gasteiger partial charge >= 0.3 is 5.97 Å². The summed E-state index contributed by atoms with van der Waals surface area (Å²) in [6, 6.07) is 12.1. The fourth-order valence-corrected chi connectivity index (χ4v) is 2.18. The standard InChI is InChI=1S/C15H16BrNO2/c1-10(2)19-15(18)9-17-14-6-4-11-7-13(16)5-3-12(11)8-14/h3-8,10,17H,9H2,1-2H3. The van der Waals surface area contributed by atoms with Gasteiger partial charge in [-0.25, -0.2) is 0 Å². The number of rotatable bonds is 4. The largest absolute Gasteiger partial charge is 0.462 e. The van der Waals surface area contributed by atoms with Crippen LogP contribution in [0, 0.1) is 0 Å². The average Bonchev–Trinajstić information content (AvgIpc) is 2.35. The van der Waals surface area contributed by atoms with Gasteiger partial charge in [-0.15, -0.1) is 0 Å². The molecule has 3 nitrogen and oxygen atoms in total. The SMILES string of the molecule is CC(C)OC(=O)CNc1ccc2cc(Br)ccc2c1. The Bertz CT molecular complexity index is 596. The second-order valence-electron chi connectivity index (χ2n) is 4.60. The number of carbonyl (C=O) groups excluding carboxylic acids is 1. The van der Waals surface area contributed by atoms with Gasteiger partial charge in [0.2, 0.25) is 0 Å². The van der Waals surface area contributed by atoms with Crippen LogP contribution in [0.15, 0.2) is 40.9 Å². The van der Waals surface area contributed by atoms with Crippen LogP contribution in [0.4, 0.5) is 5.69 Å². The Kier molecular flexibility index (Phi) is 4.43. The van der Waals surface area contributed by atoms with E-state index in [0.29, 0.717) is 0 Å². The second kappa shape index (κ2) is 6.06. The molecule has 19 heavy (non-hydrogen) atoms. The molecule has 0 aromatic heterocycles. The number of nitrogens with one attached hydrogen (secondary N) is 1. The summed E-state index contributed by atoms with van der Waals surface area (Å²) in [6.07, 6.45) is -0.0803. The molecule has 0 saturated carbocycles. The molecule has 4 heteroatoms. The van der Waals surface area contributed by atoms with E-state index < -0.39 is 0 Å². The maximum atomic E-state index is 11.4. The highest BCUT2D eigenvalue weighted by molar-refractivity contribution is 9.10. The molecule has 0 spiro atoms. The van der Waals surface area contributed by atoms with Crippen LogP contribution in [0.25, 0.3) is 10.8 Å². The van der Waals surface area contributed by atoms with Crippen molar-refractivity contribution >= 4 is 38.4 Å². The predicted molar refractivity (Wildman–Crippen MR) is 81.4 cm³/mol.